The monoisotopic (exact) mass is 390 g/mol. The molecule has 144 valence electrons. The van der Waals surface area contributed by atoms with Gasteiger partial charge in [0, 0.05) is 25.2 Å². The van der Waals surface area contributed by atoms with Gasteiger partial charge in [0.05, 0.1) is 10.8 Å². The molecule has 3 rings (SSSR count). The number of amides is 1. The highest BCUT2D eigenvalue weighted by molar-refractivity contribution is 7.89. The van der Waals surface area contributed by atoms with Crippen LogP contribution >= 0.6 is 0 Å². The molecule has 1 aliphatic heterocycles. The molecule has 1 heterocycles. The van der Waals surface area contributed by atoms with Crippen LogP contribution in [0.5, 0.6) is 0 Å². The standard InChI is InChI=1S/C17H21F3N2O3S/c1-11(23)22-8-7-12-9-15(5-6-16(12)22)26(24,25)21-14-4-2-3-13(10-14)17(18,19)20/h5-6,9,13-14,21H,2-4,7-8,10H2,1H3. The Morgan fingerprint density at radius 1 is 1.27 bits per heavy atom. The number of alkyl halides is 3. The molecule has 1 aliphatic carbocycles. The molecule has 1 aromatic carbocycles. The molecule has 9 heteroatoms. The number of rotatable bonds is 3. The zero-order valence-corrected chi connectivity index (χ0v) is 15.2. The van der Waals surface area contributed by atoms with E-state index in [-0.39, 0.29) is 23.6 Å². The van der Waals surface area contributed by atoms with Crippen molar-refractivity contribution < 1.29 is 26.4 Å². The molecule has 0 radical (unpaired) electrons. The number of halogens is 3. The first-order chi connectivity index (χ1) is 12.1. The fourth-order valence-electron chi connectivity index (χ4n) is 3.75. The van der Waals surface area contributed by atoms with E-state index in [1.165, 1.54) is 19.1 Å². The Hall–Kier alpha value is -1.61. The summed E-state index contributed by atoms with van der Waals surface area (Å²) >= 11 is 0. The van der Waals surface area contributed by atoms with Crippen molar-refractivity contribution in [3.05, 3.63) is 23.8 Å². The Morgan fingerprint density at radius 3 is 2.65 bits per heavy atom. The third-order valence-electron chi connectivity index (χ3n) is 5.10. The Balaban J connectivity index is 1.76. The minimum absolute atomic E-state index is 0.0239. The number of nitrogens with one attached hydrogen (secondary N) is 1. The molecule has 1 saturated carbocycles. The van der Waals surface area contributed by atoms with Crippen molar-refractivity contribution in [2.75, 3.05) is 11.4 Å². The zero-order valence-electron chi connectivity index (χ0n) is 14.3. The molecule has 0 spiro atoms. The summed E-state index contributed by atoms with van der Waals surface area (Å²) in [5.41, 5.74) is 1.44. The molecule has 0 aromatic heterocycles. The molecule has 1 N–H and O–H groups in total. The van der Waals surface area contributed by atoms with Crippen LogP contribution in [0, 0.1) is 5.92 Å². The van der Waals surface area contributed by atoms with Crippen LogP contribution in [0.25, 0.3) is 0 Å². The summed E-state index contributed by atoms with van der Waals surface area (Å²) in [6, 6.07) is 3.76. The number of carbonyl (C=O) groups is 1. The second-order valence-corrected chi connectivity index (χ2v) is 8.65. The smallest absolute Gasteiger partial charge is 0.312 e. The fraction of sp³-hybridized carbons (Fsp3) is 0.588. The lowest BCUT2D eigenvalue weighted by Gasteiger charge is -2.30. The van der Waals surface area contributed by atoms with Gasteiger partial charge >= 0.3 is 6.18 Å². The summed E-state index contributed by atoms with van der Waals surface area (Å²) in [7, 11) is -3.91. The van der Waals surface area contributed by atoms with E-state index in [1.54, 1.807) is 11.0 Å². The first-order valence-corrected chi connectivity index (χ1v) is 10.1. The number of hydrogen-bond acceptors (Lipinski definition) is 3. The lowest BCUT2D eigenvalue weighted by Crippen LogP contribution is -2.41. The van der Waals surface area contributed by atoms with Gasteiger partial charge in [-0.15, -0.1) is 0 Å². The van der Waals surface area contributed by atoms with Crippen molar-refractivity contribution in [3.8, 4) is 0 Å². The molecule has 2 atom stereocenters. The number of carbonyl (C=O) groups excluding carboxylic acids is 1. The van der Waals surface area contributed by atoms with Crippen LogP contribution in [0.2, 0.25) is 0 Å². The molecular formula is C17H21F3N2O3S. The number of hydrogen-bond donors (Lipinski definition) is 1. The SMILES string of the molecule is CC(=O)N1CCc2cc(S(=O)(=O)NC3CCCC(C(F)(F)F)C3)ccc21. The van der Waals surface area contributed by atoms with Gasteiger partial charge in [0.2, 0.25) is 15.9 Å². The van der Waals surface area contributed by atoms with Gasteiger partial charge in [-0.1, -0.05) is 6.42 Å². The van der Waals surface area contributed by atoms with Crippen molar-refractivity contribution in [3.63, 3.8) is 0 Å². The Kier molecular flexibility index (Phi) is 5.04. The van der Waals surface area contributed by atoms with Gasteiger partial charge in [-0.05, 0) is 49.4 Å². The molecule has 5 nitrogen and oxygen atoms in total. The maximum Gasteiger partial charge on any atom is 0.391 e. The van der Waals surface area contributed by atoms with Gasteiger partial charge in [0.25, 0.3) is 0 Å². The average molecular weight is 390 g/mol. The van der Waals surface area contributed by atoms with E-state index in [0.29, 0.717) is 31.5 Å². The number of fused-ring (bicyclic) bond motifs is 1. The van der Waals surface area contributed by atoms with Crippen molar-refractivity contribution in [1.82, 2.24) is 4.72 Å². The van der Waals surface area contributed by atoms with Crippen molar-refractivity contribution >= 4 is 21.6 Å². The van der Waals surface area contributed by atoms with Crippen molar-refractivity contribution in [1.29, 1.82) is 0 Å². The zero-order chi connectivity index (χ0) is 19.1. The molecule has 2 unspecified atom stereocenters. The highest BCUT2D eigenvalue weighted by Crippen LogP contribution is 2.38. The highest BCUT2D eigenvalue weighted by atomic mass is 32.2. The van der Waals surface area contributed by atoms with Crippen LogP contribution in [0.4, 0.5) is 18.9 Å². The summed E-state index contributed by atoms with van der Waals surface area (Å²) in [4.78, 5) is 13.2. The van der Waals surface area contributed by atoms with Crippen molar-refractivity contribution in [2.24, 2.45) is 5.92 Å². The molecule has 26 heavy (non-hydrogen) atoms. The minimum Gasteiger partial charge on any atom is -0.312 e. The van der Waals surface area contributed by atoms with Gasteiger partial charge in [-0.25, -0.2) is 13.1 Å². The lowest BCUT2D eigenvalue weighted by atomic mass is 9.86. The normalized spacial score (nSPS) is 23.8. The molecule has 0 saturated heterocycles. The van der Waals surface area contributed by atoms with Gasteiger partial charge in [-0.3, -0.25) is 4.79 Å². The Labute approximate surface area is 150 Å². The third-order valence-corrected chi connectivity index (χ3v) is 6.61. The lowest BCUT2D eigenvalue weighted by molar-refractivity contribution is -0.183. The number of nitrogens with zero attached hydrogens (tertiary/aromatic N) is 1. The van der Waals surface area contributed by atoms with Crippen LogP contribution in [0.3, 0.4) is 0 Å². The number of anilines is 1. The maximum absolute atomic E-state index is 12.9. The van der Waals surface area contributed by atoms with Crippen LogP contribution in [-0.4, -0.2) is 33.1 Å². The maximum atomic E-state index is 12.9. The van der Waals surface area contributed by atoms with Crippen molar-refractivity contribution in [2.45, 2.75) is 56.1 Å². The number of benzene rings is 1. The first kappa shape index (κ1) is 19.2. The summed E-state index contributed by atoms with van der Waals surface area (Å²) < 4.78 is 66.4. The first-order valence-electron chi connectivity index (χ1n) is 8.58. The summed E-state index contributed by atoms with van der Waals surface area (Å²) in [6.45, 7) is 1.94. The predicted octanol–water partition coefficient (Wildman–Crippen LogP) is 3.00. The summed E-state index contributed by atoms with van der Waals surface area (Å²) in [5, 5.41) is 0. The topological polar surface area (TPSA) is 66.5 Å². The summed E-state index contributed by atoms with van der Waals surface area (Å²) in [6.07, 6.45) is -3.19. The van der Waals surface area contributed by atoms with Crippen LogP contribution in [0.15, 0.2) is 23.1 Å². The fourth-order valence-corrected chi connectivity index (χ4v) is 5.09. The number of sulfonamides is 1. The second-order valence-electron chi connectivity index (χ2n) is 6.93. The van der Waals surface area contributed by atoms with E-state index in [1.807, 2.05) is 0 Å². The van der Waals surface area contributed by atoms with Gasteiger partial charge in [0.1, 0.15) is 0 Å². The highest BCUT2D eigenvalue weighted by Gasteiger charge is 2.42. The van der Waals surface area contributed by atoms with Crippen LogP contribution in [-0.2, 0) is 21.2 Å². The van der Waals surface area contributed by atoms with Crippen LogP contribution in [0.1, 0.15) is 38.2 Å². The second kappa shape index (κ2) is 6.84. The molecule has 1 aromatic rings. The quantitative estimate of drug-likeness (QED) is 0.863. The van der Waals surface area contributed by atoms with Crippen LogP contribution < -0.4 is 9.62 Å². The average Bonchev–Trinajstić information content (AvgIpc) is 2.97. The van der Waals surface area contributed by atoms with E-state index >= 15 is 0 Å². The van der Waals surface area contributed by atoms with Gasteiger partial charge in [-0.2, -0.15) is 13.2 Å². The van der Waals surface area contributed by atoms with E-state index in [0.717, 1.165) is 5.56 Å². The Morgan fingerprint density at radius 2 is 2.00 bits per heavy atom. The van der Waals surface area contributed by atoms with E-state index in [2.05, 4.69) is 4.72 Å². The largest absolute Gasteiger partial charge is 0.391 e. The van der Waals surface area contributed by atoms with Gasteiger partial charge in [0.15, 0.2) is 0 Å². The summed E-state index contributed by atoms with van der Waals surface area (Å²) in [5.74, 6) is -1.58. The van der Waals surface area contributed by atoms with E-state index < -0.39 is 28.2 Å². The van der Waals surface area contributed by atoms with E-state index in [9.17, 15) is 26.4 Å². The molecule has 2 aliphatic rings. The molecule has 0 bridgehead atoms. The Bertz CT molecular complexity index is 808. The third kappa shape index (κ3) is 3.88. The van der Waals surface area contributed by atoms with E-state index in [4.69, 9.17) is 0 Å². The van der Waals surface area contributed by atoms with Gasteiger partial charge < -0.3 is 4.90 Å². The minimum atomic E-state index is -4.30. The molecule has 1 fully saturated rings. The molecular weight excluding hydrogens is 369 g/mol. The molecule has 1 amide bonds. The predicted molar refractivity (Wildman–Crippen MR) is 90.3 cm³/mol.